The molecule has 20 heavy (non-hydrogen) atoms. The topological polar surface area (TPSA) is 98.2 Å². The van der Waals surface area contributed by atoms with E-state index in [1.807, 2.05) is 0 Å². The summed E-state index contributed by atoms with van der Waals surface area (Å²) < 4.78 is 7.76. The molecule has 0 unspecified atom stereocenters. The first-order chi connectivity index (χ1) is 9.69. The summed E-state index contributed by atoms with van der Waals surface area (Å²) in [5, 5.41) is 19.4. The molecule has 0 fully saturated rings. The van der Waals surface area contributed by atoms with E-state index in [4.69, 9.17) is 4.74 Å². The summed E-state index contributed by atoms with van der Waals surface area (Å²) in [4.78, 5) is 12.3. The van der Waals surface area contributed by atoms with Gasteiger partial charge in [-0.3, -0.25) is 9.13 Å². The molecule has 0 saturated heterocycles. The van der Waals surface area contributed by atoms with Gasteiger partial charge < -0.3 is 14.9 Å². The Kier molecular flexibility index (Phi) is 2.75. The highest BCUT2D eigenvalue weighted by molar-refractivity contribution is 5.31. The van der Waals surface area contributed by atoms with E-state index in [9.17, 15) is 10.2 Å². The lowest BCUT2D eigenvalue weighted by Gasteiger charge is -2.08. The molecule has 0 aliphatic heterocycles. The highest BCUT2D eigenvalue weighted by Gasteiger charge is 2.13. The zero-order valence-corrected chi connectivity index (χ0v) is 10.5. The number of hydrogen-bond donors (Lipinski definition) is 2. The minimum Gasteiger partial charge on any atom is -0.494 e. The first-order valence-corrected chi connectivity index (χ1v) is 5.72. The first kappa shape index (κ1) is 12.0. The summed E-state index contributed by atoms with van der Waals surface area (Å²) in [5.41, 5.74) is 0. The van der Waals surface area contributed by atoms with E-state index in [0.29, 0.717) is 0 Å². The molecule has 3 aromatic rings. The molecule has 0 aromatic carbocycles. The van der Waals surface area contributed by atoms with Crippen LogP contribution in [0.4, 0.5) is 0 Å². The Bertz CT molecular complexity index is 691. The van der Waals surface area contributed by atoms with Gasteiger partial charge in [-0.25, -0.2) is 0 Å². The van der Waals surface area contributed by atoms with Crippen molar-refractivity contribution in [2.24, 2.45) is 0 Å². The van der Waals surface area contributed by atoms with Crippen molar-refractivity contribution in [3.63, 3.8) is 0 Å². The second-order valence-electron chi connectivity index (χ2n) is 3.89. The Morgan fingerprint density at radius 2 is 1.40 bits per heavy atom. The molecule has 0 aliphatic rings. The quantitative estimate of drug-likeness (QED) is 0.734. The molecule has 3 heterocycles. The highest BCUT2D eigenvalue weighted by Crippen LogP contribution is 2.20. The number of aromatic hydroxyl groups is 2. The lowest BCUT2D eigenvalue weighted by Crippen LogP contribution is -2.08. The Balaban J connectivity index is 2.18. The Morgan fingerprint density at radius 3 is 1.75 bits per heavy atom. The molecular formula is C12H11N5O3. The summed E-state index contributed by atoms with van der Waals surface area (Å²) in [6, 6.07) is 6.38. The maximum Gasteiger partial charge on any atom is 0.322 e. The fourth-order valence-corrected chi connectivity index (χ4v) is 1.72. The predicted octanol–water partition coefficient (Wildman–Crippen LogP) is 0.873. The van der Waals surface area contributed by atoms with Gasteiger partial charge >= 0.3 is 6.01 Å². The first-order valence-electron chi connectivity index (χ1n) is 5.72. The molecule has 0 atom stereocenters. The van der Waals surface area contributed by atoms with Gasteiger partial charge in [-0.05, 0) is 12.1 Å². The van der Waals surface area contributed by atoms with Crippen molar-refractivity contribution in [2.75, 3.05) is 7.11 Å². The Labute approximate surface area is 113 Å². The Hall–Kier alpha value is -3.03. The van der Waals surface area contributed by atoms with Crippen LogP contribution < -0.4 is 4.74 Å². The van der Waals surface area contributed by atoms with Crippen molar-refractivity contribution < 1.29 is 14.9 Å². The zero-order chi connectivity index (χ0) is 14.1. The molecule has 3 aromatic heterocycles. The summed E-state index contributed by atoms with van der Waals surface area (Å²) in [6.07, 6.45) is 3.20. The zero-order valence-electron chi connectivity index (χ0n) is 10.5. The summed E-state index contributed by atoms with van der Waals surface area (Å²) in [5.74, 6) is 0.340. The fourth-order valence-electron chi connectivity index (χ4n) is 1.72. The third kappa shape index (κ3) is 1.92. The highest BCUT2D eigenvalue weighted by atomic mass is 16.5. The van der Waals surface area contributed by atoms with Crippen molar-refractivity contribution in [1.29, 1.82) is 0 Å². The van der Waals surface area contributed by atoms with E-state index in [0.717, 1.165) is 0 Å². The minimum absolute atomic E-state index is 0.0130. The maximum absolute atomic E-state index is 9.71. The molecule has 3 rings (SSSR count). The monoisotopic (exact) mass is 273 g/mol. The lowest BCUT2D eigenvalue weighted by atomic mass is 10.7. The van der Waals surface area contributed by atoms with Crippen molar-refractivity contribution in [1.82, 2.24) is 24.1 Å². The van der Waals surface area contributed by atoms with Crippen LogP contribution in [0.25, 0.3) is 11.9 Å². The van der Waals surface area contributed by atoms with Gasteiger partial charge in [-0.1, -0.05) is 0 Å². The van der Waals surface area contributed by atoms with Crippen LogP contribution in [0.5, 0.6) is 17.8 Å². The van der Waals surface area contributed by atoms with E-state index in [1.54, 1.807) is 24.5 Å². The summed E-state index contributed by atoms with van der Waals surface area (Å²) in [6.45, 7) is 0. The molecular weight excluding hydrogens is 262 g/mol. The van der Waals surface area contributed by atoms with E-state index >= 15 is 0 Å². The molecule has 8 heteroatoms. The number of rotatable bonds is 3. The van der Waals surface area contributed by atoms with Gasteiger partial charge in [0.15, 0.2) is 11.8 Å². The third-order valence-corrected chi connectivity index (χ3v) is 2.66. The minimum atomic E-state index is -0.0130. The normalized spacial score (nSPS) is 10.7. The standard InChI is InChI=1S/C12H11N5O3/c1-20-12-14-10(16-6-2-4-8(16)18)13-11(15-12)17-7-3-5-9(17)19/h2-7,18-19H,1H3. The summed E-state index contributed by atoms with van der Waals surface area (Å²) in [7, 11) is 1.42. The van der Waals surface area contributed by atoms with Crippen LogP contribution in [0.1, 0.15) is 0 Å². The maximum atomic E-state index is 9.71. The van der Waals surface area contributed by atoms with Gasteiger partial charge in [-0.2, -0.15) is 15.0 Å². The number of hydrogen-bond acceptors (Lipinski definition) is 6. The van der Waals surface area contributed by atoms with Crippen LogP contribution >= 0.6 is 0 Å². The van der Waals surface area contributed by atoms with Crippen molar-refractivity contribution >= 4 is 0 Å². The van der Waals surface area contributed by atoms with Crippen molar-refractivity contribution in [3.05, 3.63) is 36.7 Å². The third-order valence-electron chi connectivity index (χ3n) is 2.66. The average Bonchev–Trinajstić information content (AvgIpc) is 3.06. The van der Waals surface area contributed by atoms with E-state index in [-0.39, 0.29) is 29.7 Å². The molecule has 102 valence electrons. The van der Waals surface area contributed by atoms with Crippen molar-refractivity contribution in [3.8, 4) is 29.7 Å². The fraction of sp³-hybridized carbons (Fsp3) is 0.0833. The van der Waals surface area contributed by atoms with Gasteiger partial charge in [0.05, 0.1) is 7.11 Å². The van der Waals surface area contributed by atoms with Gasteiger partial charge in [0.2, 0.25) is 11.9 Å². The smallest absolute Gasteiger partial charge is 0.322 e. The van der Waals surface area contributed by atoms with Crippen LogP contribution in [0, 0.1) is 0 Å². The van der Waals surface area contributed by atoms with Gasteiger partial charge in [0, 0.05) is 24.5 Å². The molecule has 0 amide bonds. The van der Waals surface area contributed by atoms with Crippen molar-refractivity contribution in [2.45, 2.75) is 0 Å². The molecule has 0 radical (unpaired) electrons. The molecule has 0 saturated carbocycles. The van der Waals surface area contributed by atoms with Crippen LogP contribution in [-0.4, -0.2) is 41.4 Å². The average molecular weight is 273 g/mol. The van der Waals surface area contributed by atoms with E-state index in [2.05, 4.69) is 15.0 Å². The van der Waals surface area contributed by atoms with Crippen LogP contribution in [-0.2, 0) is 0 Å². The molecule has 2 N–H and O–H groups in total. The van der Waals surface area contributed by atoms with Gasteiger partial charge in [0.1, 0.15) is 0 Å². The largest absolute Gasteiger partial charge is 0.494 e. The molecule has 0 spiro atoms. The number of aromatic nitrogens is 5. The summed E-state index contributed by atoms with van der Waals surface area (Å²) >= 11 is 0. The van der Waals surface area contributed by atoms with E-state index in [1.165, 1.54) is 28.4 Å². The molecule has 8 nitrogen and oxygen atoms in total. The van der Waals surface area contributed by atoms with E-state index < -0.39 is 0 Å². The second-order valence-corrected chi connectivity index (χ2v) is 3.89. The van der Waals surface area contributed by atoms with Crippen LogP contribution in [0.15, 0.2) is 36.7 Å². The SMILES string of the molecule is COc1nc(-n2cccc2O)nc(-n2cccc2O)n1. The Morgan fingerprint density at radius 1 is 0.900 bits per heavy atom. The van der Waals surface area contributed by atoms with Gasteiger partial charge in [-0.15, -0.1) is 0 Å². The number of methoxy groups -OCH3 is 1. The molecule has 0 bridgehead atoms. The lowest BCUT2D eigenvalue weighted by molar-refractivity contribution is 0.373. The second kappa shape index (κ2) is 4.57. The van der Waals surface area contributed by atoms with Crippen LogP contribution in [0.3, 0.4) is 0 Å². The predicted molar refractivity (Wildman–Crippen MR) is 68.4 cm³/mol. The van der Waals surface area contributed by atoms with Gasteiger partial charge in [0.25, 0.3) is 0 Å². The van der Waals surface area contributed by atoms with Crippen LogP contribution in [0.2, 0.25) is 0 Å². The number of ether oxygens (including phenoxy) is 1. The molecule has 0 aliphatic carbocycles. The number of nitrogens with zero attached hydrogens (tertiary/aromatic N) is 5.